The van der Waals surface area contributed by atoms with Gasteiger partial charge in [-0.2, -0.15) is 0 Å². The first-order valence-corrected chi connectivity index (χ1v) is 11.2. The van der Waals surface area contributed by atoms with Gasteiger partial charge in [-0.25, -0.2) is 14.4 Å². The van der Waals surface area contributed by atoms with Crippen LogP contribution in [-0.4, -0.2) is 23.1 Å². The summed E-state index contributed by atoms with van der Waals surface area (Å²) in [4.78, 5) is 10.3. The van der Waals surface area contributed by atoms with Gasteiger partial charge < -0.3 is 10.6 Å². The van der Waals surface area contributed by atoms with Gasteiger partial charge in [-0.3, -0.25) is 0 Å². The second-order valence-corrected chi connectivity index (χ2v) is 9.18. The first kappa shape index (κ1) is 18.7. The molecule has 1 aromatic carbocycles. The minimum Gasteiger partial charge on any atom is -0.316 e. The van der Waals surface area contributed by atoms with E-state index < -0.39 is 0 Å². The number of benzene rings is 1. The van der Waals surface area contributed by atoms with Gasteiger partial charge in [0.1, 0.15) is 11.6 Å². The maximum atomic E-state index is 13.1. The number of fused-ring (bicyclic) bond motifs is 1. The normalized spacial score (nSPS) is 23.7. The number of nitrogens with one attached hydrogen (secondary N) is 2. The molecule has 5 rings (SSSR count). The Kier molecular flexibility index (Phi) is 5.29. The molecule has 3 aromatic rings. The van der Waals surface area contributed by atoms with Crippen molar-refractivity contribution in [2.75, 3.05) is 18.4 Å². The third kappa shape index (κ3) is 4.19. The third-order valence-corrected chi connectivity index (χ3v) is 7.26. The zero-order valence-electron chi connectivity index (χ0n) is 16.3. The zero-order valence-corrected chi connectivity index (χ0v) is 17.1. The van der Waals surface area contributed by atoms with E-state index in [1.54, 1.807) is 23.5 Å². The summed E-state index contributed by atoms with van der Waals surface area (Å²) in [6.45, 7) is 2.36. The van der Waals surface area contributed by atoms with E-state index in [0.717, 1.165) is 51.3 Å². The summed E-state index contributed by atoms with van der Waals surface area (Å²) >= 11 is 1.55. The molecule has 1 saturated heterocycles. The maximum Gasteiger partial charge on any atom is 0.188 e. The van der Waals surface area contributed by atoms with Crippen LogP contribution in [0.3, 0.4) is 0 Å². The number of hydrogen-bond acceptors (Lipinski definition) is 5. The summed E-state index contributed by atoms with van der Waals surface area (Å²) in [5.41, 5.74) is 2.12. The lowest BCUT2D eigenvalue weighted by Crippen LogP contribution is -2.28. The molecular formula is C23H25FN4S. The van der Waals surface area contributed by atoms with Crippen molar-refractivity contribution in [3.63, 3.8) is 0 Å². The predicted octanol–water partition coefficient (Wildman–Crippen LogP) is 5.27. The topological polar surface area (TPSA) is 49.8 Å². The number of thiazole rings is 1. The Morgan fingerprint density at radius 3 is 2.90 bits per heavy atom. The van der Waals surface area contributed by atoms with Crippen molar-refractivity contribution >= 4 is 22.3 Å². The first-order valence-electron chi connectivity index (χ1n) is 10.4. The van der Waals surface area contributed by atoms with Crippen molar-refractivity contribution in [3.8, 4) is 10.4 Å². The van der Waals surface area contributed by atoms with Crippen LogP contribution in [-0.2, 0) is 6.42 Å². The van der Waals surface area contributed by atoms with E-state index >= 15 is 0 Å². The Balaban J connectivity index is 1.27. The Morgan fingerprint density at radius 1 is 1.10 bits per heavy atom. The highest BCUT2D eigenvalue weighted by atomic mass is 32.1. The van der Waals surface area contributed by atoms with Crippen molar-refractivity contribution < 1.29 is 4.39 Å². The quantitative estimate of drug-likeness (QED) is 0.604. The Hall–Kier alpha value is -2.31. The molecule has 6 heteroatoms. The average molecular weight is 409 g/mol. The molecule has 1 aliphatic heterocycles. The van der Waals surface area contributed by atoms with Crippen molar-refractivity contribution in [3.05, 3.63) is 60.2 Å². The van der Waals surface area contributed by atoms with Crippen LogP contribution in [0.5, 0.6) is 0 Å². The lowest BCUT2D eigenvalue weighted by molar-refractivity contribution is 0.197. The number of anilines is 2. The molecule has 4 nitrogen and oxygen atoms in total. The molecule has 0 spiro atoms. The molecule has 3 heterocycles. The third-order valence-electron chi connectivity index (χ3n) is 6.29. The molecular weight excluding hydrogens is 383 g/mol. The van der Waals surface area contributed by atoms with Crippen LogP contribution >= 0.6 is 11.3 Å². The van der Waals surface area contributed by atoms with E-state index in [4.69, 9.17) is 4.98 Å². The van der Waals surface area contributed by atoms with Crippen LogP contribution in [0, 0.1) is 23.6 Å². The standard InChI is InChI=1S/C23H25FN4S/c24-18-9-7-15(8-10-18)21-14-26-23(29-21)28-22-6-2-5-19(27-22)11-16-3-1-4-17-12-25-13-20(16)17/h2,5-10,14,16-17,20,25H,1,3-4,11-13H2,(H,26,27,28). The summed E-state index contributed by atoms with van der Waals surface area (Å²) in [6, 6.07) is 12.7. The van der Waals surface area contributed by atoms with Crippen molar-refractivity contribution in [2.24, 2.45) is 17.8 Å². The Morgan fingerprint density at radius 2 is 2.00 bits per heavy atom. The molecule has 150 valence electrons. The maximum absolute atomic E-state index is 13.1. The minimum atomic E-state index is -0.227. The molecule has 1 saturated carbocycles. The van der Waals surface area contributed by atoms with E-state index in [-0.39, 0.29) is 5.82 Å². The smallest absolute Gasteiger partial charge is 0.188 e. The summed E-state index contributed by atoms with van der Waals surface area (Å²) in [6.07, 6.45) is 6.91. The lowest BCUT2D eigenvalue weighted by Gasteiger charge is -2.33. The van der Waals surface area contributed by atoms with E-state index in [2.05, 4.69) is 27.8 Å². The average Bonchev–Trinajstić information content (AvgIpc) is 3.39. The molecule has 2 N–H and O–H groups in total. The van der Waals surface area contributed by atoms with E-state index in [0.29, 0.717) is 0 Å². The SMILES string of the molecule is Fc1ccc(-c2cnc(Nc3cccc(CC4CCCC5CNCC54)n3)s2)cc1. The molecule has 2 fully saturated rings. The largest absolute Gasteiger partial charge is 0.316 e. The predicted molar refractivity (Wildman–Crippen MR) is 116 cm³/mol. The number of aromatic nitrogens is 2. The fourth-order valence-electron chi connectivity index (χ4n) is 4.85. The van der Waals surface area contributed by atoms with Gasteiger partial charge in [-0.15, -0.1) is 0 Å². The summed E-state index contributed by atoms with van der Waals surface area (Å²) in [5.74, 6) is 3.00. The van der Waals surface area contributed by atoms with Crippen LogP contribution in [0.25, 0.3) is 10.4 Å². The second-order valence-electron chi connectivity index (χ2n) is 8.15. The van der Waals surface area contributed by atoms with Gasteiger partial charge in [0.2, 0.25) is 0 Å². The molecule has 3 unspecified atom stereocenters. The molecule has 2 aliphatic rings. The molecule has 1 aliphatic carbocycles. The van der Waals surface area contributed by atoms with Gasteiger partial charge in [0.15, 0.2) is 5.13 Å². The Bertz CT molecular complexity index is 971. The van der Waals surface area contributed by atoms with Gasteiger partial charge >= 0.3 is 0 Å². The first-order chi connectivity index (χ1) is 14.2. The Labute approximate surface area is 174 Å². The van der Waals surface area contributed by atoms with Gasteiger partial charge in [0.25, 0.3) is 0 Å². The molecule has 2 aromatic heterocycles. The number of pyridine rings is 1. The van der Waals surface area contributed by atoms with E-state index in [9.17, 15) is 4.39 Å². The fourth-order valence-corrected chi connectivity index (χ4v) is 5.68. The second kappa shape index (κ2) is 8.20. The highest BCUT2D eigenvalue weighted by Crippen LogP contribution is 2.38. The van der Waals surface area contributed by atoms with Gasteiger partial charge in [-0.1, -0.05) is 36.0 Å². The molecule has 0 radical (unpaired) electrons. The van der Waals surface area contributed by atoms with Crippen molar-refractivity contribution in [2.45, 2.75) is 25.7 Å². The number of halogens is 1. The summed E-state index contributed by atoms with van der Waals surface area (Å²) in [5, 5.41) is 7.72. The highest BCUT2D eigenvalue weighted by molar-refractivity contribution is 7.18. The fraction of sp³-hybridized carbons (Fsp3) is 0.391. The molecule has 0 bridgehead atoms. The van der Waals surface area contributed by atoms with Crippen LogP contribution < -0.4 is 10.6 Å². The van der Waals surface area contributed by atoms with E-state index in [1.165, 1.54) is 44.5 Å². The molecule has 0 amide bonds. The summed E-state index contributed by atoms with van der Waals surface area (Å²) < 4.78 is 13.1. The van der Waals surface area contributed by atoms with Crippen LogP contribution in [0.1, 0.15) is 25.0 Å². The van der Waals surface area contributed by atoms with Crippen LogP contribution in [0.2, 0.25) is 0 Å². The number of rotatable bonds is 5. The highest BCUT2D eigenvalue weighted by Gasteiger charge is 2.36. The molecule has 29 heavy (non-hydrogen) atoms. The van der Waals surface area contributed by atoms with Crippen LogP contribution in [0.4, 0.5) is 15.3 Å². The van der Waals surface area contributed by atoms with Crippen LogP contribution in [0.15, 0.2) is 48.7 Å². The number of nitrogens with zero attached hydrogens (tertiary/aromatic N) is 2. The minimum absolute atomic E-state index is 0.227. The van der Waals surface area contributed by atoms with Crippen molar-refractivity contribution in [1.82, 2.24) is 15.3 Å². The van der Waals surface area contributed by atoms with Gasteiger partial charge in [-0.05, 0) is 79.9 Å². The lowest BCUT2D eigenvalue weighted by atomic mass is 9.72. The van der Waals surface area contributed by atoms with Gasteiger partial charge in [0, 0.05) is 11.9 Å². The number of hydrogen-bond donors (Lipinski definition) is 2. The van der Waals surface area contributed by atoms with Crippen molar-refractivity contribution in [1.29, 1.82) is 0 Å². The monoisotopic (exact) mass is 408 g/mol. The zero-order chi connectivity index (χ0) is 19.6. The molecule has 3 atom stereocenters. The summed E-state index contributed by atoms with van der Waals surface area (Å²) in [7, 11) is 0. The van der Waals surface area contributed by atoms with Gasteiger partial charge in [0.05, 0.1) is 4.88 Å². The van der Waals surface area contributed by atoms with E-state index in [1.807, 2.05) is 12.3 Å².